The van der Waals surface area contributed by atoms with Crippen LogP contribution in [0.3, 0.4) is 0 Å². The molecule has 0 saturated heterocycles. The van der Waals surface area contributed by atoms with Crippen molar-refractivity contribution in [3.8, 4) is 5.75 Å². The SMILES string of the molecule is CCNC(CC(C)CC)(C(=O)NC(C)(C)C)c1cccc(OCc2ccccc2)c1. The van der Waals surface area contributed by atoms with Gasteiger partial charge in [0.1, 0.15) is 17.9 Å². The molecule has 0 spiro atoms. The number of ether oxygens (including phenoxy) is 1. The molecule has 0 aliphatic rings. The van der Waals surface area contributed by atoms with E-state index < -0.39 is 5.54 Å². The Morgan fingerprint density at radius 2 is 1.73 bits per heavy atom. The first-order valence-corrected chi connectivity index (χ1v) is 11.0. The number of amides is 1. The van der Waals surface area contributed by atoms with Gasteiger partial charge in [-0.2, -0.15) is 0 Å². The molecule has 2 aromatic carbocycles. The molecule has 0 fully saturated rings. The maximum Gasteiger partial charge on any atom is 0.245 e. The van der Waals surface area contributed by atoms with E-state index in [1.54, 1.807) is 0 Å². The standard InChI is InChI=1S/C26H38N2O2/c1-7-20(3)18-26(27-8-2,24(29)28-25(4,5)6)22-15-12-16-23(17-22)30-19-21-13-10-9-11-14-21/h9-17,20,27H,7-8,18-19H2,1-6H3,(H,28,29). The third-order valence-corrected chi connectivity index (χ3v) is 5.28. The van der Waals surface area contributed by atoms with E-state index in [0.29, 0.717) is 19.1 Å². The summed E-state index contributed by atoms with van der Waals surface area (Å²) in [4.78, 5) is 13.6. The van der Waals surface area contributed by atoms with Crippen molar-refractivity contribution < 1.29 is 9.53 Å². The Morgan fingerprint density at radius 3 is 2.33 bits per heavy atom. The Balaban J connectivity index is 2.39. The monoisotopic (exact) mass is 410 g/mol. The summed E-state index contributed by atoms with van der Waals surface area (Å²) in [7, 11) is 0. The molecule has 2 N–H and O–H groups in total. The molecular formula is C26H38N2O2. The Labute approximate surface area is 182 Å². The largest absolute Gasteiger partial charge is 0.489 e. The lowest BCUT2D eigenvalue weighted by atomic mass is 9.79. The fourth-order valence-electron chi connectivity index (χ4n) is 3.60. The number of nitrogens with one attached hydrogen (secondary N) is 2. The summed E-state index contributed by atoms with van der Waals surface area (Å²) in [5, 5.41) is 6.74. The lowest BCUT2D eigenvalue weighted by molar-refractivity contribution is -0.130. The van der Waals surface area contributed by atoms with Gasteiger partial charge in [-0.25, -0.2) is 0 Å². The molecule has 4 nitrogen and oxygen atoms in total. The second-order valence-electron chi connectivity index (χ2n) is 9.16. The predicted molar refractivity (Wildman–Crippen MR) is 125 cm³/mol. The van der Waals surface area contributed by atoms with E-state index in [0.717, 1.165) is 29.7 Å². The molecule has 0 saturated carbocycles. The predicted octanol–water partition coefficient (Wildman–Crippen LogP) is 5.42. The van der Waals surface area contributed by atoms with Crippen LogP contribution in [0.4, 0.5) is 0 Å². The number of carbonyl (C=O) groups excluding carboxylic acids is 1. The fourth-order valence-corrected chi connectivity index (χ4v) is 3.60. The number of carbonyl (C=O) groups is 1. The first-order chi connectivity index (χ1) is 14.2. The summed E-state index contributed by atoms with van der Waals surface area (Å²) in [6.07, 6.45) is 1.74. The van der Waals surface area contributed by atoms with Crippen molar-refractivity contribution in [2.45, 2.75) is 72.1 Å². The smallest absolute Gasteiger partial charge is 0.245 e. The molecule has 0 heterocycles. The van der Waals surface area contributed by atoms with E-state index in [4.69, 9.17) is 4.74 Å². The van der Waals surface area contributed by atoms with E-state index in [-0.39, 0.29) is 11.4 Å². The molecule has 0 aromatic heterocycles. The molecule has 164 valence electrons. The van der Waals surface area contributed by atoms with Crippen molar-refractivity contribution in [2.24, 2.45) is 5.92 Å². The Kier molecular flexibility index (Phi) is 8.48. The third-order valence-electron chi connectivity index (χ3n) is 5.28. The van der Waals surface area contributed by atoms with Gasteiger partial charge >= 0.3 is 0 Å². The molecule has 4 heteroatoms. The summed E-state index contributed by atoms with van der Waals surface area (Å²) in [6.45, 7) is 13.7. The Morgan fingerprint density at radius 1 is 1.03 bits per heavy atom. The number of benzene rings is 2. The minimum absolute atomic E-state index is 0.0114. The lowest BCUT2D eigenvalue weighted by Gasteiger charge is -2.38. The summed E-state index contributed by atoms with van der Waals surface area (Å²) < 4.78 is 6.06. The number of hydrogen-bond donors (Lipinski definition) is 2. The average molecular weight is 411 g/mol. The second kappa shape index (κ2) is 10.6. The van der Waals surface area contributed by atoms with Crippen LogP contribution in [0.5, 0.6) is 5.75 Å². The number of likely N-dealkylation sites (N-methyl/N-ethyl adjacent to an activating group) is 1. The highest BCUT2D eigenvalue weighted by atomic mass is 16.5. The van der Waals surface area contributed by atoms with Crippen molar-refractivity contribution in [3.63, 3.8) is 0 Å². The fraction of sp³-hybridized carbons (Fsp3) is 0.500. The molecule has 0 bridgehead atoms. The van der Waals surface area contributed by atoms with Crippen molar-refractivity contribution in [3.05, 3.63) is 65.7 Å². The summed E-state index contributed by atoms with van der Waals surface area (Å²) >= 11 is 0. The molecular weight excluding hydrogens is 372 g/mol. The molecule has 2 rings (SSSR count). The summed E-state index contributed by atoms with van der Waals surface area (Å²) in [5.74, 6) is 1.17. The van der Waals surface area contributed by atoms with Gasteiger partial charge in [-0.15, -0.1) is 0 Å². The molecule has 0 aliphatic carbocycles. The van der Waals surface area contributed by atoms with Gasteiger partial charge in [-0.3, -0.25) is 10.1 Å². The highest BCUT2D eigenvalue weighted by Gasteiger charge is 2.41. The van der Waals surface area contributed by atoms with Crippen molar-refractivity contribution in [1.29, 1.82) is 0 Å². The quantitative estimate of drug-likeness (QED) is 0.550. The van der Waals surface area contributed by atoms with E-state index in [1.807, 2.05) is 82.3 Å². The van der Waals surface area contributed by atoms with Gasteiger partial charge in [0, 0.05) is 5.54 Å². The normalized spacial score (nSPS) is 14.6. The zero-order valence-corrected chi connectivity index (χ0v) is 19.4. The third kappa shape index (κ3) is 6.60. The van der Waals surface area contributed by atoms with Crippen LogP contribution in [-0.2, 0) is 16.9 Å². The van der Waals surface area contributed by atoms with E-state index >= 15 is 0 Å². The molecule has 2 atom stereocenters. The molecule has 0 aliphatic heterocycles. The van der Waals surface area contributed by atoms with Crippen molar-refractivity contribution >= 4 is 5.91 Å². The molecule has 2 aromatic rings. The van der Waals surface area contributed by atoms with Crippen LogP contribution in [0.1, 0.15) is 65.5 Å². The lowest BCUT2D eigenvalue weighted by Crippen LogP contribution is -2.58. The van der Waals surface area contributed by atoms with Crippen LogP contribution in [0.25, 0.3) is 0 Å². The highest BCUT2D eigenvalue weighted by molar-refractivity contribution is 5.88. The number of hydrogen-bond acceptors (Lipinski definition) is 3. The first kappa shape index (κ1) is 23.9. The van der Waals surface area contributed by atoms with Crippen LogP contribution in [0.2, 0.25) is 0 Å². The van der Waals surface area contributed by atoms with Gasteiger partial charge in [0.25, 0.3) is 0 Å². The maximum atomic E-state index is 13.6. The van der Waals surface area contributed by atoms with Crippen LogP contribution >= 0.6 is 0 Å². The maximum absolute atomic E-state index is 13.6. The van der Waals surface area contributed by atoms with Gasteiger partial charge in [0.05, 0.1) is 0 Å². The van der Waals surface area contributed by atoms with Crippen molar-refractivity contribution in [2.75, 3.05) is 6.54 Å². The number of rotatable bonds is 10. The molecule has 0 radical (unpaired) electrons. The topological polar surface area (TPSA) is 50.4 Å². The van der Waals surface area contributed by atoms with Crippen LogP contribution in [0, 0.1) is 5.92 Å². The molecule has 1 amide bonds. The van der Waals surface area contributed by atoms with Gasteiger partial charge in [-0.1, -0.05) is 69.7 Å². The second-order valence-corrected chi connectivity index (χ2v) is 9.16. The van der Waals surface area contributed by atoms with Gasteiger partial charge < -0.3 is 10.1 Å². The van der Waals surface area contributed by atoms with Crippen LogP contribution in [0.15, 0.2) is 54.6 Å². The molecule has 2 unspecified atom stereocenters. The molecule has 30 heavy (non-hydrogen) atoms. The van der Waals surface area contributed by atoms with Crippen LogP contribution in [-0.4, -0.2) is 18.0 Å². The minimum atomic E-state index is -0.802. The van der Waals surface area contributed by atoms with Crippen LogP contribution < -0.4 is 15.4 Å². The Hall–Kier alpha value is -2.33. The highest BCUT2D eigenvalue weighted by Crippen LogP contribution is 2.33. The first-order valence-electron chi connectivity index (χ1n) is 11.0. The van der Waals surface area contributed by atoms with Gasteiger partial charge in [-0.05, 0) is 62.9 Å². The van der Waals surface area contributed by atoms with E-state index in [2.05, 4.69) is 24.5 Å². The zero-order chi connectivity index (χ0) is 22.2. The zero-order valence-electron chi connectivity index (χ0n) is 19.4. The van der Waals surface area contributed by atoms with Crippen molar-refractivity contribution in [1.82, 2.24) is 10.6 Å². The van der Waals surface area contributed by atoms with E-state index in [1.165, 1.54) is 0 Å². The summed E-state index contributed by atoms with van der Waals surface area (Å²) in [5.41, 5.74) is 0.945. The van der Waals surface area contributed by atoms with Gasteiger partial charge in [0.2, 0.25) is 5.91 Å². The minimum Gasteiger partial charge on any atom is -0.489 e. The van der Waals surface area contributed by atoms with Gasteiger partial charge in [0.15, 0.2) is 0 Å². The average Bonchev–Trinajstić information content (AvgIpc) is 2.71. The Bertz CT molecular complexity index is 798. The van der Waals surface area contributed by atoms with E-state index in [9.17, 15) is 4.79 Å². The summed E-state index contributed by atoms with van der Waals surface area (Å²) in [6, 6.07) is 18.1.